The maximum Gasteiger partial charge on any atom is 0.344 e. The number of carbonyl (C=O) groups is 3. The molecule has 152 valence electrons. The Morgan fingerprint density at radius 2 is 1.90 bits per heavy atom. The Morgan fingerprint density at radius 1 is 1.17 bits per heavy atom. The lowest BCUT2D eigenvalue weighted by molar-refractivity contribution is -0.139. The standard InChI is InChI=1S/C21H23ClN4O3/c1-3-21(16-9-5-4-6-10-16)19(28)26(20(29)24-21)25-18(27)13-23-14(2)15-8-7-11-17(22)12-15/h4-12,14,23H,3,13H2,1-2H3,(H,24,29)(H,25,27)/t14-,21-/m1/s1. The lowest BCUT2D eigenvalue weighted by Gasteiger charge is -2.25. The van der Waals surface area contributed by atoms with Gasteiger partial charge in [-0.3, -0.25) is 15.0 Å². The second-order valence-electron chi connectivity index (χ2n) is 6.89. The Morgan fingerprint density at radius 3 is 2.55 bits per heavy atom. The van der Waals surface area contributed by atoms with Crippen LogP contribution < -0.4 is 16.1 Å². The number of urea groups is 1. The zero-order valence-electron chi connectivity index (χ0n) is 16.2. The molecule has 2 atom stereocenters. The van der Waals surface area contributed by atoms with Crippen molar-refractivity contribution in [2.45, 2.75) is 31.8 Å². The van der Waals surface area contributed by atoms with Crippen LogP contribution >= 0.6 is 11.6 Å². The molecule has 0 radical (unpaired) electrons. The molecule has 0 spiro atoms. The summed E-state index contributed by atoms with van der Waals surface area (Å²) in [5.41, 5.74) is 2.81. The van der Waals surface area contributed by atoms with Gasteiger partial charge in [-0.2, -0.15) is 5.01 Å². The predicted octanol–water partition coefficient (Wildman–Crippen LogP) is 2.88. The quantitative estimate of drug-likeness (QED) is 0.607. The summed E-state index contributed by atoms with van der Waals surface area (Å²) < 4.78 is 0. The first-order chi connectivity index (χ1) is 13.9. The number of nitrogens with one attached hydrogen (secondary N) is 3. The van der Waals surface area contributed by atoms with E-state index in [9.17, 15) is 14.4 Å². The Kier molecular flexibility index (Phi) is 6.20. The van der Waals surface area contributed by atoms with E-state index in [0.717, 1.165) is 10.6 Å². The lowest BCUT2D eigenvalue weighted by atomic mass is 9.87. The fourth-order valence-corrected chi connectivity index (χ4v) is 3.54. The average Bonchev–Trinajstić information content (AvgIpc) is 2.97. The van der Waals surface area contributed by atoms with E-state index in [1.165, 1.54) is 0 Å². The fourth-order valence-electron chi connectivity index (χ4n) is 3.34. The van der Waals surface area contributed by atoms with Crippen molar-refractivity contribution in [2.24, 2.45) is 0 Å². The first-order valence-electron chi connectivity index (χ1n) is 9.38. The molecule has 2 aromatic carbocycles. The highest BCUT2D eigenvalue weighted by molar-refractivity contribution is 6.30. The SMILES string of the molecule is CC[C@]1(c2ccccc2)NC(=O)N(NC(=O)CN[C@H](C)c2cccc(Cl)c2)C1=O. The first kappa shape index (κ1) is 20.8. The van der Waals surface area contributed by atoms with Crippen LogP contribution in [0.5, 0.6) is 0 Å². The van der Waals surface area contributed by atoms with Gasteiger partial charge in [-0.05, 0) is 36.6 Å². The number of rotatable bonds is 7. The molecule has 0 unspecified atom stereocenters. The minimum Gasteiger partial charge on any atom is -0.318 e. The highest BCUT2D eigenvalue weighted by Gasteiger charge is 2.52. The van der Waals surface area contributed by atoms with E-state index in [0.29, 0.717) is 17.0 Å². The second-order valence-corrected chi connectivity index (χ2v) is 7.32. The summed E-state index contributed by atoms with van der Waals surface area (Å²) in [4.78, 5) is 37.8. The van der Waals surface area contributed by atoms with Crippen LogP contribution in [0, 0.1) is 0 Å². The third-order valence-corrected chi connectivity index (χ3v) is 5.28. The van der Waals surface area contributed by atoms with Gasteiger partial charge in [-0.15, -0.1) is 0 Å². The van der Waals surface area contributed by atoms with Crippen molar-refractivity contribution in [1.29, 1.82) is 0 Å². The molecule has 1 fully saturated rings. The normalized spacial score (nSPS) is 19.8. The van der Waals surface area contributed by atoms with E-state index in [4.69, 9.17) is 11.6 Å². The molecule has 0 aliphatic carbocycles. The minimum absolute atomic E-state index is 0.0742. The lowest BCUT2D eigenvalue weighted by Crippen LogP contribution is -2.50. The highest BCUT2D eigenvalue weighted by Crippen LogP contribution is 2.31. The van der Waals surface area contributed by atoms with Crippen LogP contribution in [0.15, 0.2) is 54.6 Å². The number of amides is 4. The molecule has 0 saturated carbocycles. The van der Waals surface area contributed by atoms with E-state index in [1.54, 1.807) is 30.3 Å². The van der Waals surface area contributed by atoms with Gasteiger partial charge >= 0.3 is 6.03 Å². The van der Waals surface area contributed by atoms with Crippen LogP contribution in [0.2, 0.25) is 5.02 Å². The molecule has 3 N–H and O–H groups in total. The van der Waals surface area contributed by atoms with Crippen molar-refractivity contribution < 1.29 is 14.4 Å². The Hall–Kier alpha value is -2.90. The number of hydrazine groups is 1. The number of benzene rings is 2. The summed E-state index contributed by atoms with van der Waals surface area (Å²) in [6, 6.07) is 15.5. The minimum atomic E-state index is -1.19. The molecule has 8 heteroatoms. The largest absolute Gasteiger partial charge is 0.344 e. The summed E-state index contributed by atoms with van der Waals surface area (Å²) in [5, 5.41) is 7.14. The summed E-state index contributed by atoms with van der Waals surface area (Å²) in [6.45, 7) is 3.63. The van der Waals surface area contributed by atoms with Gasteiger partial charge in [-0.25, -0.2) is 4.79 Å². The van der Waals surface area contributed by atoms with E-state index in [-0.39, 0.29) is 12.6 Å². The second kappa shape index (κ2) is 8.63. The summed E-state index contributed by atoms with van der Waals surface area (Å²) in [7, 11) is 0. The predicted molar refractivity (Wildman–Crippen MR) is 110 cm³/mol. The van der Waals surface area contributed by atoms with E-state index >= 15 is 0 Å². The zero-order valence-corrected chi connectivity index (χ0v) is 17.0. The van der Waals surface area contributed by atoms with Gasteiger partial charge in [0.05, 0.1) is 6.54 Å². The maximum atomic E-state index is 13.0. The molecule has 7 nitrogen and oxygen atoms in total. The van der Waals surface area contributed by atoms with Gasteiger partial charge < -0.3 is 10.6 Å². The molecular weight excluding hydrogens is 392 g/mol. The average molecular weight is 415 g/mol. The molecule has 0 aromatic heterocycles. The topological polar surface area (TPSA) is 90.5 Å². The number of carbonyl (C=O) groups excluding carboxylic acids is 3. The van der Waals surface area contributed by atoms with Crippen LogP contribution in [-0.2, 0) is 15.1 Å². The van der Waals surface area contributed by atoms with Gasteiger partial charge in [0, 0.05) is 11.1 Å². The molecule has 1 aliphatic heterocycles. The third kappa shape index (κ3) is 4.26. The smallest absolute Gasteiger partial charge is 0.318 e. The molecular formula is C21H23ClN4O3. The number of halogens is 1. The fraction of sp³-hybridized carbons (Fsp3) is 0.286. The van der Waals surface area contributed by atoms with Crippen LogP contribution in [0.4, 0.5) is 4.79 Å². The van der Waals surface area contributed by atoms with Crippen molar-refractivity contribution in [3.05, 3.63) is 70.7 Å². The summed E-state index contributed by atoms with van der Waals surface area (Å²) in [5.74, 6) is -1.00. The van der Waals surface area contributed by atoms with Gasteiger partial charge in [0.1, 0.15) is 5.54 Å². The first-order valence-corrected chi connectivity index (χ1v) is 9.75. The number of hydrogen-bond donors (Lipinski definition) is 3. The van der Waals surface area contributed by atoms with Gasteiger partial charge in [0.2, 0.25) is 0 Å². The van der Waals surface area contributed by atoms with E-state index in [1.807, 2.05) is 38.1 Å². The van der Waals surface area contributed by atoms with Crippen LogP contribution in [-0.4, -0.2) is 29.4 Å². The van der Waals surface area contributed by atoms with Gasteiger partial charge in [-0.1, -0.05) is 61.0 Å². The van der Waals surface area contributed by atoms with Gasteiger partial charge in [0.15, 0.2) is 0 Å². The molecule has 3 rings (SSSR count). The molecule has 1 saturated heterocycles. The van der Waals surface area contributed by atoms with E-state index < -0.39 is 23.4 Å². The Labute approximate surface area is 174 Å². The van der Waals surface area contributed by atoms with Crippen molar-refractivity contribution in [2.75, 3.05) is 6.54 Å². The number of hydrogen-bond acceptors (Lipinski definition) is 4. The molecule has 2 aromatic rings. The highest BCUT2D eigenvalue weighted by atomic mass is 35.5. The molecule has 1 heterocycles. The number of imide groups is 1. The van der Waals surface area contributed by atoms with E-state index in [2.05, 4.69) is 16.1 Å². The Bertz CT molecular complexity index is 921. The Balaban J connectivity index is 1.64. The molecule has 1 aliphatic rings. The maximum absolute atomic E-state index is 13.0. The van der Waals surface area contributed by atoms with Crippen LogP contribution in [0.3, 0.4) is 0 Å². The van der Waals surface area contributed by atoms with Crippen molar-refractivity contribution in [3.8, 4) is 0 Å². The number of nitrogens with zero attached hydrogens (tertiary/aromatic N) is 1. The van der Waals surface area contributed by atoms with Crippen molar-refractivity contribution >= 4 is 29.4 Å². The summed E-state index contributed by atoms with van der Waals surface area (Å²) >= 11 is 5.99. The van der Waals surface area contributed by atoms with Crippen molar-refractivity contribution in [1.82, 2.24) is 21.1 Å². The van der Waals surface area contributed by atoms with Crippen LogP contribution in [0.25, 0.3) is 0 Å². The third-order valence-electron chi connectivity index (χ3n) is 5.04. The molecule has 29 heavy (non-hydrogen) atoms. The van der Waals surface area contributed by atoms with Crippen molar-refractivity contribution in [3.63, 3.8) is 0 Å². The van der Waals surface area contributed by atoms with Crippen LogP contribution in [0.1, 0.15) is 37.4 Å². The monoisotopic (exact) mass is 414 g/mol. The molecule has 0 bridgehead atoms. The summed E-state index contributed by atoms with van der Waals surface area (Å²) in [6.07, 6.45) is 0.359. The zero-order chi connectivity index (χ0) is 21.0. The van der Waals surface area contributed by atoms with Gasteiger partial charge in [0.25, 0.3) is 11.8 Å². The molecule has 4 amide bonds.